The SMILES string of the molecule is CCNC(=NCCc1ccccn1)N(C)Cc1ccccc1Cl. The highest BCUT2D eigenvalue weighted by Gasteiger charge is 2.08. The maximum Gasteiger partial charge on any atom is 0.193 e. The van der Waals surface area contributed by atoms with Crippen molar-refractivity contribution in [3.8, 4) is 0 Å². The van der Waals surface area contributed by atoms with E-state index in [1.807, 2.05) is 55.7 Å². The largest absolute Gasteiger partial charge is 0.357 e. The van der Waals surface area contributed by atoms with Crippen LogP contribution in [0.2, 0.25) is 5.02 Å². The van der Waals surface area contributed by atoms with Crippen LogP contribution in [0, 0.1) is 0 Å². The highest BCUT2D eigenvalue weighted by atomic mass is 35.5. The average Bonchev–Trinajstić information content (AvgIpc) is 2.57. The van der Waals surface area contributed by atoms with Crippen LogP contribution in [0.15, 0.2) is 53.7 Å². The first kappa shape index (κ1) is 17.3. The van der Waals surface area contributed by atoms with Crippen molar-refractivity contribution >= 4 is 17.6 Å². The molecule has 4 nitrogen and oxygen atoms in total. The molecule has 0 aliphatic heterocycles. The number of nitrogens with zero attached hydrogens (tertiary/aromatic N) is 3. The van der Waals surface area contributed by atoms with E-state index in [0.717, 1.165) is 41.7 Å². The van der Waals surface area contributed by atoms with Crippen molar-refractivity contribution in [3.63, 3.8) is 0 Å². The van der Waals surface area contributed by atoms with Gasteiger partial charge in [-0.25, -0.2) is 0 Å². The van der Waals surface area contributed by atoms with Crippen molar-refractivity contribution in [3.05, 3.63) is 64.9 Å². The lowest BCUT2D eigenvalue weighted by molar-refractivity contribution is 0.477. The summed E-state index contributed by atoms with van der Waals surface area (Å²) in [6.45, 7) is 4.31. The van der Waals surface area contributed by atoms with Gasteiger partial charge in [-0.05, 0) is 30.7 Å². The molecule has 0 atom stereocenters. The number of pyridine rings is 1. The number of aliphatic imine (C=N–C) groups is 1. The first-order valence-electron chi connectivity index (χ1n) is 7.83. The fourth-order valence-electron chi connectivity index (χ4n) is 2.25. The molecule has 2 aromatic rings. The Morgan fingerprint density at radius 1 is 1.22 bits per heavy atom. The number of guanidine groups is 1. The van der Waals surface area contributed by atoms with E-state index >= 15 is 0 Å². The predicted octanol–water partition coefficient (Wildman–Crippen LogP) is 3.38. The molecule has 122 valence electrons. The van der Waals surface area contributed by atoms with Crippen LogP contribution >= 0.6 is 11.6 Å². The highest BCUT2D eigenvalue weighted by molar-refractivity contribution is 6.31. The Morgan fingerprint density at radius 3 is 2.70 bits per heavy atom. The van der Waals surface area contributed by atoms with E-state index < -0.39 is 0 Å². The third kappa shape index (κ3) is 5.57. The van der Waals surface area contributed by atoms with E-state index in [-0.39, 0.29) is 0 Å². The zero-order valence-corrected chi connectivity index (χ0v) is 14.4. The van der Waals surface area contributed by atoms with Gasteiger partial charge in [0.1, 0.15) is 0 Å². The summed E-state index contributed by atoms with van der Waals surface area (Å²) >= 11 is 6.24. The standard InChI is InChI=1S/C18H23ClN4/c1-3-20-18(22-13-11-16-9-6-7-12-21-16)23(2)14-15-8-4-5-10-17(15)19/h4-10,12H,3,11,13-14H2,1-2H3,(H,20,22). The van der Waals surface area contributed by atoms with Crippen molar-refractivity contribution in [2.45, 2.75) is 19.9 Å². The van der Waals surface area contributed by atoms with Crippen LogP contribution < -0.4 is 5.32 Å². The Morgan fingerprint density at radius 2 is 2.00 bits per heavy atom. The van der Waals surface area contributed by atoms with Gasteiger partial charge in [0, 0.05) is 50.0 Å². The number of nitrogens with one attached hydrogen (secondary N) is 1. The van der Waals surface area contributed by atoms with E-state index in [1.54, 1.807) is 0 Å². The van der Waals surface area contributed by atoms with Gasteiger partial charge in [0.15, 0.2) is 5.96 Å². The molecule has 0 spiro atoms. The smallest absolute Gasteiger partial charge is 0.193 e. The first-order chi connectivity index (χ1) is 11.2. The Balaban J connectivity index is 1.98. The molecule has 0 unspecified atom stereocenters. The van der Waals surface area contributed by atoms with Crippen LogP contribution in [-0.4, -0.2) is 36.0 Å². The van der Waals surface area contributed by atoms with Gasteiger partial charge in [-0.15, -0.1) is 0 Å². The number of hydrogen-bond donors (Lipinski definition) is 1. The molecule has 0 aliphatic carbocycles. The molecule has 1 aromatic heterocycles. The number of rotatable bonds is 6. The molecule has 0 bridgehead atoms. The minimum atomic E-state index is 0.701. The summed E-state index contributed by atoms with van der Waals surface area (Å²) in [6.07, 6.45) is 2.64. The molecule has 0 saturated carbocycles. The van der Waals surface area contributed by atoms with Gasteiger partial charge in [0.25, 0.3) is 0 Å². The van der Waals surface area contributed by atoms with Gasteiger partial charge in [0.2, 0.25) is 0 Å². The molecule has 1 heterocycles. The number of hydrogen-bond acceptors (Lipinski definition) is 2. The monoisotopic (exact) mass is 330 g/mol. The van der Waals surface area contributed by atoms with Gasteiger partial charge < -0.3 is 10.2 Å². The summed E-state index contributed by atoms with van der Waals surface area (Å²) in [5.74, 6) is 0.878. The highest BCUT2D eigenvalue weighted by Crippen LogP contribution is 2.16. The van der Waals surface area contributed by atoms with Crippen LogP contribution in [0.25, 0.3) is 0 Å². The van der Waals surface area contributed by atoms with E-state index in [9.17, 15) is 0 Å². The van der Waals surface area contributed by atoms with Crippen molar-refractivity contribution in [1.29, 1.82) is 0 Å². The molecule has 0 aliphatic rings. The van der Waals surface area contributed by atoms with Gasteiger partial charge in [-0.3, -0.25) is 9.98 Å². The van der Waals surface area contributed by atoms with Crippen molar-refractivity contribution in [2.24, 2.45) is 4.99 Å². The first-order valence-corrected chi connectivity index (χ1v) is 8.21. The second kappa shape index (κ2) is 9.16. The normalized spacial score (nSPS) is 11.3. The van der Waals surface area contributed by atoms with E-state index in [4.69, 9.17) is 11.6 Å². The molecule has 0 fully saturated rings. The Labute approximate surface area is 143 Å². The maximum atomic E-state index is 6.24. The summed E-state index contributed by atoms with van der Waals surface area (Å²) in [4.78, 5) is 11.1. The number of aromatic nitrogens is 1. The second-order valence-electron chi connectivity index (χ2n) is 5.25. The fraction of sp³-hybridized carbons (Fsp3) is 0.333. The van der Waals surface area contributed by atoms with E-state index in [1.165, 1.54) is 0 Å². The van der Waals surface area contributed by atoms with Crippen LogP contribution in [0.4, 0.5) is 0 Å². The lowest BCUT2D eigenvalue weighted by Crippen LogP contribution is -2.38. The zero-order valence-electron chi connectivity index (χ0n) is 13.7. The summed E-state index contributed by atoms with van der Waals surface area (Å²) in [7, 11) is 2.02. The van der Waals surface area contributed by atoms with Gasteiger partial charge in [-0.1, -0.05) is 35.9 Å². The number of benzene rings is 1. The van der Waals surface area contributed by atoms with E-state index in [2.05, 4.69) is 27.1 Å². The van der Waals surface area contributed by atoms with Crippen molar-refractivity contribution in [2.75, 3.05) is 20.1 Å². The minimum Gasteiger partial charge on any atom is -0.357 e. The molecule has 0 radical (unpaired) electrons. The molecular formula is C18H23ClN4. The second-order valence-corrected chi connectivity index (χ2v) is 5.66. The zero-order chi connectivity index (χ0) is 16.5. The van der Waals surface area contributed by atoms with Gasteiger partial charge in [0.05, 0.1) is 0 Å². The summed E-state index contributed by atoms with van der Waals surface area (Å²) < 4.78 is 0. The van der Waals surface area contributed by atoms with Gasteiger partial charge in [-0.2, -0.15) is 0 Å². The predicted molar refractivity (Wildman–Crippen MR) is 96.8 cm³/mol. The molecular weight excluding hydrogens is 308 g/mol. The van der Waals surface area contributed by atoms with Crippen LogP contribution in [0.1, 0.15) is 18.2 Å². The molecule has 23 heavy (non-hydrogen) atoms. The quantitative estimate of drug-likeness (QED) is 0.652. The summed E-state index contributed by atoms with van der Waals surface area (Å²) in [5.41, 5.74) is 2.15. The third-order valence-corrected chi connectivity index (χ3v) is 3.79. The molecule has 2 rings (SSSR count). The van der Waals surface area contributed by atoms with Crippen molar-refractivity contribution < 1.29 is 0 Å². The molecule has 0 saturated heterocycles. The molecule has 0 amide bonds. The molecule has 1 aromatic carbocycles. The molecule has 5 heteroatoms. The Bertz CT molecular complexity index is 628. The van der Waals surface area contributed by atoms with Crippen LogP contribution in [0.5, 0.6) is 0 Å². The van der Waals surface area contributed by atoms with Crippen LogP contribution in [-0.2, 0) is 13.0 Å². The Hall–Kier alpha value is -2.07. The summed E-state index contributed by atoms with van der Waals surface area (Å²) in [5, 5.41) is 4.10. The third-order valence-electron chi connectivity index (χ3n) is 3.42. The minimum absolute atomic E-state index is 0.701. The lowest BCUT2D eigenvalue weighted by atomic mass is 10.2. The lowest BCUT2D eigenvalue weighted by Gasteiger charge is -2.22. The fourth-order valence-corrected chi connectivity index (χ4v) is 2.44. The Kier molecular flexibility index (Phi) is 6.88. The van der Waals surface area contributed by atoms with Crippen molar-refractivity contribution in [1.82, 2.24) is 15.2 Å². The maximum absolute atomic E-state index is 6.24. The summed E-state index contributed by atoms with van der Waals surface area (Å²) in [6, 6.07) is 13.8. The topological polar surface area (TPSA) is 40.5 Å². The average molecular weight is 331 g/mol. The number of halogens is 1. The molecule has 1 N–H and O–H groups in total. The van der Waals surface area contributed by atoms with E-state index in [0.29, 0.717) is 6.54 Å². The van der Waals surface area contributed by atoms with Crippen LogP contribution in [0.3, 0.4) is 0 Å². The van der Waals surface area contributed by atoms with Gasteiger partial charge >= 0.3 is 0 Å².